The van der Waals surface area contributed by atoms with E-state index in [0.717, 1.165) is 6.08 Å². The monoisotopic (exact) mass is 99.1 g/mol. The van der Waals surface area contributed by atoms with Gasteiger partial charge in [-0.2, -0.15) is 0 Å². The topological polar surface area (TPSA) is 66.9 Å². The number of carbonyl (C=O) groups is 1. The minimum absolute atomic E-state index is 0.188. The summed E-state index contributed by atoms with van der Waals surface area (Å²) in [5.74, 6) is -0.562. The van der Waals surface area contributed by atoms with Crippen LogP contribution in [0.3, 0.4) is 0 Å². The van der Waals surface area contributed by atoms with Gasteiger partial charge in [0, 0.05) is 11.8 Å². The van der Waals surface area contributed by atoms with Gasteiger partial charge in [-0.15, -0.1) is 0 Å². The van der Waals surface area contributed by atoms with E-state index >= 15 is 0 Å². The molecule has 0 bridgehead atoms. The van der Waals surface area contributed by atoms with Gasteiger partial charge in [-0.25, -0.2) is 0 Å². The molecule has 3 nitrogen and oxygen atoms in total. The highest BCUT2D eigenvalue weighted by molar-refractivity contribution is 5.86. The van der Waals surface area contributed by atoms with Crippen molar-refractivity contribution < 1.29 is 4.79 Å². The third kappa shape index (κ3) is 5.01. The Labute approximate surface area is 42.0 Å². The second-order valence-electron chi connectivity index (χ2n) is 1.23. The van der Waals surface area contributed by atoms with Crippen LogP contribution in [0.2, 0.25) is 0 Å². The lowest BCUT2D eigenvalue weighted by Crippen LogP contribution is -2.06. The molecule has 0 saturated carbocycles. The fraction of sp³-hybridized carbons (Fsp3) is 0.250. The molecule has 0 aliphatic heterocycles. The van der Waals surface area contributed by atoms with Gasteiger partial charge in [-0.05, 0) is 6.92 Å². The van der Waals surface area contributed by atoms with Crippen LogP contribution in [0.25, 0.3) is 0 Å². The molecule has 1 amide bonds. The summed E-state index contributed by atoms with van der Waals surface area (Å²) in [7, 11) is 0. The molecule has 0 fully saturated rings. The maximum Gasteiger partial charge on any atom is 0.243 e. The van der Waals surface area contributed by atoms with E-state index in [4.69, 9.17) is 5.73 Å². The van der Waals surface area contributed by atoms with Crippen LogP contribution in [0.4, 0.5) is 0 Å². The number of hydrogen-bond donors (Lipinski definition) is 1. The highest BCUT2D eigenvalue weighted by Gasteiger charge is 1.82. The maximum absolute atomic E-state index is 9.84. The fourth-order valence-electron chi connectivity index (χ4n) is 0.213. The molecular weight excluding hydrogens is 92.1 g/mol. The van der Waals surface area contributed by atoms with Crippen LogP contribution >= 0.6 is 0 Å². The molecule has 3 heteroatoms. The summed E-state index contributed by atoms with van der Waals surface area (Å²) in [6, 6.07) is 0. The predicted molar refractivity (Wildman–Crippen MR) is 26.0 cm³/mol. The minimum atomic E-state index is -0.562. The van der Waals surface area contributed by atoms with Gasteiger partial charge in [0.05, 0.1) is 0 Å². The van der Waals surface area contributed by atoms with Crippen molar-refractivity contribution in [3.8, 4) is 0 Å². The Hall–Kier alpha value is -0.990. The number of nitrogens with one attached hydrogen (secondary N) is 1. The van der Waals surface area contributed by atoms with Crippen molar-refractivity contribution in [1.82, 2.24) is 5.73 Å². The van der Waals surface area contributed by atoms with Crippen LogP contribution in [-0.2, 0) is 4.79 Å². The quantitative estimate of drug-likeness (QED) is 0.449. The number of hydrogen-bond acceptors (Lipinski definition) is 1. The molecule has 0 atom stereocenters. The van der Waals surface area contributed by atoms with E-state index in [1.165, 1.54) is 6.92 Å². The van der Waals surface area contributed by atoms with Crippen molar-refractivity contribution in [3.63, 3.8) is 0 Å². The first-order chi connectivity index (χ1) is 3.13. The summed E-state index contributed by atoms with van der Waals surface area (Å²) in [4.78, 5) is 9.84. The number of primary amides is 1. The van der Waals surface area contributed by atoms with Gasteiger partial charge in [0.25, 0.3) is 0 Å². The van der Waals surface area contributed by atoms with Crippen molar-refractivity contribution in [3.05, 3.63) is 11.8 Å². The molecule has 0 aromatic carbocycles. The van der Waals surface area contributed by atoms with E-state index in [0.29, 0.717) is 0 Å². The molecule has 0 aliphatic rings. The van der Waals surface area contributed by atoms with Crippen LogP contribution in [0.5, 0.6) is 0 Å². The molecule has 0 aliphatic carbocycles. The van der Waals surface area contributed by atoms with Crippen molar-refractivity contribution in [2.45, 2.75) is 6.92 Å². The number of rotatable bonds is 1. The standard InChI is InChI=1S/C4H7N2O/c1-3(5)2-4(6)7/h2,5H,1H3,(H2,6,7)/b3-2+. The van der Waals surface area contributed by atoms with Crippen LogP contribution in [0, 0.1) is 0 Å². The van der Waals surface area contributed by atoms with Crippen molar-refractivity contribution >= 4 is 5.91 Å². The first kappa shape index (κ1) is 6.01. The van der Waals surface area contributed by atoms with E-state index in [1.807, 2.05) is 0 Å². The van der Waals surface area contributed by atoms with Gasteiger partial charge in [0.1, 0.15) is 0 Å². The Morgan fingerprint density at radius 2 is 2.29 bits per heavy atom. The molecule has 7 heavy (non-hydrogen) atoms. The molecule has 1 radical (unpaired) electrons. The molecule has 0 spiro atoms. The minimum Gasteiger partial charge on any atom is -0.366 e. The van der Waals surface area contributed by atoms with Crippen LogP contribution < -0.4 is 11.5 Å². The summed E-state index contributed by atoms with van der Waals surface area (Å²) in [5, 5.41) is 0. The number of nitrogens with two attached hydrogens (primary N) is 1. The average Bonchev–Trinajstić information content (AvgIpc) is 1.27. The third-order valence-corrected chi connectivity index (χ3v) is 0.359. The lowest BCUT2D eigenvalue weighted by molar-refractivity contribution is -0.113. The summed E-state index contributed by atoms with van der Waals surface area (Å²) in [6.45, 7) is 1.49. The smallest absolute Gasteiger partial charge is 0.243 e. The highest BCUT2D eigenvalue weighted by atomic mass is 16.1. The normalized spacial score (nSPS) is 11.3. The Bertz CT molecular complexity index is 102. The Balaban J connectivity index is 3.68. The van der Waals surface area contributed by atoms with Crippen LogP contribution in [0.1, 0.15) is 6.92 Å². The van der Waals surface area contributed by atoms with E-state index in [-0.39, 0.29) is 5.70 Å². The number of allylic oxidation sites excluding steroid dienone is 1. The van der Waals surface area contributed by atoms with Gasteiger partial charge in [-0.3, -0.25) is 4.79 Å². The summed E-state index contributed by atoms with van der Waals surface area (Å²) in [5.41, 5.74) is 11.5. The van der Waals surface area contributed by atoms with E-state index in [1.54, 1.807) is 0 Å². The van der Waals surface area contributed by atoms with Crippen LogP contribution in [-0.4, -0.2) is 5.91 Å². The highest BCUT2D eigenvalue weighted by Crippen LogP contribution is 1.77. The van der Waals surface area contributed by atoms with E-state index < -0.39 is 5.91 Å². The Morgan fingerprint density at radius 3 is 2.29 bits per heavy atom. The second-order valence-corrected chi connectivity index (χ2v) is 1.23. The summed E-state index contributed by atoms with van der Waals surface area (Å²) in [6.07, 6.45) is 1.06. The zero-order chi connectivity index (χ0) is 5.86. The summed E-state index contributed by atoms with van der Waals surface area (Å²) < 4.78 is 0. The van der Waals surface area contributed by atoms with Gasteiger partial charge < -0.3 is 11.5 Å². The van der Waals surface area contributed by atoms with Gasteiger partial charge >= 0.3 is 0 Å². The molecule has 0 heterocycles. The lowest BCUT2D eigenvalue weighted by atomic mass is 10.4. The van der Waals surface area contributed by atoms with E-state index in [2.05, 4.69) is 5.73 Å². The largest absolute Gasteiger partial charge is 0.366 e. The molecule has 0 saturated heterocycles. The van der Waals surface area contributed by atoms with Crippen molar-refractivity contribution in [2.24, 2.45) is 5.73 Å². The molecule has 39 valence electrons. The zero-order valence-corrected chi connectivity index (χ0v) is 4.06. The second kappa shape index (κ2) is 2.23. The van der Waals surface area contributed by atoms with Gasteiger partial charge in [-0.1, -0.05) is 0 Å². The lowest BCUT2D eigenvalue weighted by Gasteiger charge is -1.80. The Morgan fingerprint density at radius 1 is 1.86 bits per heavy atom. The van der Waals surface area contributed by atoms with Crippen molar-refractivity contribution in [1.29, 1.82) is 0 Å². The van der Waals surface area contributed by atoms with Gasteiger partial charge in [0.2, 0.25) is 5.91 Å². The van der Waals surface area contributed by atoms with E-state index in [9.17, 15) is 4.79 Å². The molecule has 0 aromatic heterocycles. The summed E-state index contributed by atoms with van der Waals surface area (Å²) >= 11 is 0. The molecule has 3 N–H and O–H groups in total. The Kier molecular flexibility index (Phi) is 1.91. The first-order valence-electron chi connectivity index (χ1n) is 1.82. The molecule has 0 unspecified atom stereocenters. The van der Waals surface area contributed by atoms with Crippen LogP contribution in [0.15, 0.2) is 11.8 Å². The zero-order valence-electron chi connectivity index (χ0n) is 4.06. The number of carbonyl (C=O) groups excluding carboxylic acids is 1. The van der Waals surface area contributed by atoms with Gasteiger partial charge in [0.15, 0.2) is 0 Å². The number of amides is 1. The molecule has 0 rings (SSSR count). The van der Waals surface area contributed by atoms with Crippen molar-refractivity contribution in [2.75, 3.05) is 0 Å². The maximum atomic E-state index is 9.84. The fourth-order valence-corrected chi connectivity index (χ4v) is 0.213. The average molecular weight is 99.1 g/mol. The predicted octanol–water partition coefficient (Wildman–Crippen LogP) is -0.342. The molecular formula is C4H7N2O. The first-order valence-corrected chi connectivity index (χ1v) is 1.82. The third-order valence-electron chi connectivity index (χ3n) is 0.359. The SMILES string of the molecule is C/C([NH])=C\C(N)=O. The molecule has 0 aromatic rings.